The maximum atomic E-state index is 4.49. The number of hydrogen-bond acceptors (Lipinski definition) is 2. The maximum absolute atomic E-state index is 4.49. The number of aromatic nitrogens is 2. The van der Waals surface area contributed by atoms with Crippen LogP contribution in [0.2, 0.25) is 0 Å². The highest BCUT2D eigenvalue weighted by molar-refractivity contribution is 5.37. The number of nitrogens with zero attached hydrogens (tertiary/aromatic N) is 2. The molecule has 20 heavy (non-hydrogen) atoms. The summed E-state index contributed by atoms with van der Waals surface area (Å²) in [5.41, 5.74) is 6.27. The summed E-state index contributed by atoms with van der Waals surface area (Å²) in [6.45, 7) is 9.57. The van der Waals surface area contributed by atoms with Crippen LogP contribution in [0, 0.1) is 20.8 Å². The molecule has 0 aliphatic heterocycles. The van der Waals surface area contributed by atoms with Crippen molar-refractivity contribution in [3.63, 3.8) is 0 Å². The van der Waals surface area contributed by atoms with Crippen molar-refractivity contribution in [2.45, 2.75) is 40.2 Å². The van der Waals surface area contributed by atoms with Crippen molar-refractivity contribution in [1.29, 1.82) is 0 Å². The fraction of sp³-hybridized carbons (Fsp3) is 0.471. The molecule has 2 rings (SSSR count). The smallest absolute Gasteiger partial charge is 0.0750 e. The summed E-state index contributed by atoms with van der Waals surface area (Å²) in [7, 11) is 2.02. The lowest BCUT2D eigenvalue weighted by atomic mass is 9.96. The minimum Gasteiger partial charge on any atom is -0.305 e. The van der Waals surface area contributed by atoms with E-state index in [-0.39, 0.29) is 6.04 Å². The summed E-state index contributed by atoms with van der Waals surface area (Å²) in [5, 5.41) is 8.15. The predicted molar refractivity (Wildman–Crippen MR) is 84.0 cm³/mol. The molecule has 0 aliphatic carbocycles. The van der Waals surface area contributed by atoms with Crippen LogP contribution in [0.25, 0.3) is 0 Å². The zero-order valence-electron chi connectivity index (χ0n) is 13.2. The van der Waals surface area contributed by atoms with E-state index in [4.69, 9.17) is 0 Å². The van der Waals surface area contributed by atoms with Gasteiger partial charge >= 0.3 is 0 Å². The first-order valence-electron chi connectivity index (χ1n) is 7.34. The van der Waals surface area contributed by atoms with Crippen LogP contribution >= 0.6 is 0 Å². The van der Waals surface area contributed by atoms with Gasteiger partial charge in [0.05, 0.1) is 17.4 Å². The second-order valence-corrected chi connectivity index (χ2v) is 5.58. The van der Waals surface area contributed by atoms with E-state index in [1.54, 1.807) is 0 Å². The van der Waals surface area contributed by atoms with E-state index in [1.807, 2.05) is 18.7 Å². The summed E-state index contributed by atoms with van der Waals surface area (Å²) < 4.78 is 1.99. The first-order chi connectivity index (χ1) is 9.52. The Bertz CT molecular complexity index is 584. The molecule has 0 saturated carbocycles. The highest BCUT2D eigenvalue weighted by Gasteiger charge is 2.19. The van der Waals surface area contributed by atoms with Crippen molar-refractivity contribution >= 4 is 0 Å². The summed E-state index contributed by atoms with van der Waals surface area (Å²) in [6, 6.07) is 9.06. The van der Waals surface area contributed by atoms with Gasteiger partial charge in [-0.05, 0) is 50.9 Å². The van der Waals surface area contributed by atoms with E-state index < -0.39 is 0 Å². The third-order valence-electron chi connectivity index (χ3n) is 3.67. The van der Waals surface area contributed by atoms with E-state index in [9.17, 15) is 0 Å². The Morgan fingerprint density at radius 1 is 1.20 bits per heavy atom. The van der Waals surface area contributed by atoms with Gasteiger partial charge in [-0.25, -0.2) is 0 Å². The molecule has 1 aromatic carbocycles. The molecule has 0 saturated heterocycles. The lowest BCUT2D eigenvalue weighted by molar-refractivity contribution is 0.551. The average molecular weight is 271 g/mol. The molecule has 0 amide bonds. The maximum Gasteiger partial charge on any atom is 0.0750 e. The number of hydrogen-bond donors (Lipinski definition) is 1. The van der Waals surface area contributed by atoms with Crippen molar-refractivity contribution in [3.05, 3.63) is 52.3 Å². The largest absolute Gasteiger partial charge is 0.305 e. The molecule has 0 radical (unpaired) electrons. The van der Waals surface area contributed by atoms with Crippen molar-refractivity contribution in [2.24, 2.45) is 7.05 Å². The topological polar surface area (TPSA) is 29.9 Å². The van der Waals surface area contributed by atoms with E-state index in [0.717, 1.165) is 18.7 Å². The first-order valence-corrected chi connectivity index (χ1v) is 7.34. The molecular formula is C17H25N3. The summed E-state index contributed by atoms with van der Waals surface area (Å²) in [6.07, 6.45) is 1.12. The van der Waals surface area contributed by atoms with Gasteiger partial charge in [-0.2, -0.15) is 5.10 Å². The van der Waals surface area contributed by atoms with Crippen LogP contribution in [-0.4, -0.2) is 16.3 Å². The molecule has 1 aromatic heterocycles. The minimum absolute atomic E-state index is 0.210. The fourth-order valence-corrected chi connectivity index (χ4v) is 2.71. The van der Waals surface area contributed by atoms with Crippen LogP contribution in [0.15, 0.2) is 24.3 Å². The normalized spacial score (nSPS) is 12.7. The SMILES string of the molecule is CCCNC(c1ccc(C)cc1C)c1cc(C)nn1C. The van der Waals surface area contributed by atoms with Gasteiger partial charge in [0.1, 0.15) is 0 Å². The lowest BCUT2D eigenvalue weighted by Crippen LogP contribution is -2.26. The van der Waals surface area contributed by atoms with Crippen LogP contribution in [0.3, 0.4) is 0 Å². The van der Waals surface area contributed by atoms with Crippen LogP contribution in [0.5, 0.6) is 0 Å². The Labute approximate surface area is 122 Å². The average Bonchev–Trinajstić information content (AvgIpc) is 2.71. The van der Waals surface area contributed by atoms with Gasteiger partial charge in [-0.3, -0.25) is 4.68 Å². The minimum atomic E-state index is 0.210. The van der Waals surface area contributed by atoms with Crippen LogP contribution < -0.4 is 5.32 Å². The molecule has 1 heterocycles. The van der Waals surface area contributed by atoms with Gasteiger partial charge in [0.15, 0.2) is 0 Å². The van der Waals surface area contributed by atoms with E-state index in [0.29, 0.717) is 0 Å². The predicted octanol–water partition coefficient (Wildman–Crippen LogP) is 3.43. The van der Waals surface area contributed by atoms with Gasteiger partial charge < -0.3 is 5.32 Å². The van der Waals surface area contributed by atoms with Gasteiger partial charge in [-0.15, -0.1) is 0 Å². The number of benzene rings is 1. The van der Waals surface area contributed by atoms with Crippen molar-refractivity contribution in [3.8, 4) is 0 Å². The van der Waals surface area contributed by atoms with Crippen LogP contribution in [0.1, 0.15) is 47.5 Å². The van der Waals surface area contributed by atoms with E-state index in [2.05, 4.69) is 55.5 Å². The number of rotatable bonds is 5. The molecule has 108 valence electrons. The van der Waals surface area contributed by atoms with E-state index in [1.165, 1.54) is 22.4 Å². The van der Waals surface area contributed by atoms with Gasteiger partial charge in [0.25, 0.3) is 0 Å². The zero-order valence-corrected chi connectivity index (χ0v) is 13.2. The number of nitrogens with one attached hydrogen (secondary N) is 1. The zero-order chi connectivity index (χ0) is 14.7. The molecule has 1 N–H and O–H groups in total. The van der Waals surface area contributed by atoms with Crippen molar-refractivity contribution < 1.29 is 0 Å². The Morgan fingerprint density at radius 3 is 2.50 bits per heavy atom. The molecule has 0 spiro atoms. The van der Waals surface area contributed by atoms with Crippen molar-refractivity contribution in [1.82, 2.24) is 15.1 Å². The van der Waals surface area contributed by atoms with E-state index >= 15 is 0 Å². The van der Waals surface area contributed by atoms with Gasteiger partial charge in [-0.1, -0.05) is 30.7 Å². The standard InChI is InChI=1S/C17H25N3/c1-6-9-18-17(16-11-14(4)19-20(16)5)15-8-7-12(2)10-13(15)3/h7-8,10-11,17-18H,6,9H2,1-5H3. The third-order valence-corrected chi connectivity index (χ3v) is 3.67. The highest BCUT2D eigenvalue weighted by atomic mass is 15.3. The molecule has 0 fully saturated rings. The Balaban J connectivity index is 2.44. The fourth-order valence-electron chi connectivity index (χ4n) is 2.71. The van der Waals surface area contributed by atoms with Gasteiger partial charge in [0, 0.05) is 7.05 Å². The molecule has 0 bridgehead atoms. The molecule has 2 aromatic rings. The van der Waals surface area contributed by atoms with Crippen LogP contribution in [0.4, 0.5) is 0 Å². The second kappa shape index (κ2) is 6.23. The second-order valence-electron chi connectivity index (χ2n) is 5.58. The molecular weight excluding hydrogens is 246 g/mol. The summed E-state index contributed by atoms with van der Waals surface area (Å²) >= 11 is 0. The molecule has 1 unspecified atom stereocenters. The molecule has 3 nitrogen and oxygen atoms in total. The first kappa shape index (κ1) is 14.8. The monoisotopic (exact) mass is 271 g/mol. The molecule has 3 heteroatoms. The quantitative estimate of drug-likeness (QED) is 0.903. The summed E-state index contributed by atoms with van der Waals surface area (Å²) in [5.74, 6) is 0. The van der Waals surface area contributed by atoms with Crippen molar-refractivity contribution in [2.75, 3.05) is 6.54 Å². The van der Waals surface area contributed by atoms with Gasteiger partial charge in [0.2, 0.25) is 0 Å². The molecule has 1 atom stereocenters. The third kappa shape index (κ3) is 3.10. The summed E-state index contributed by atoms with van der Waals surface area (Å²) in [4.78, 5) is 0. The highest BCUT2D eigenvalue weighted by Crippen LogP contribution is 2.26. The Morgan fingerprint density at radius 2 is 1.95 bits per heavy atom. The molecule has 0 aliphatic rings. The Hall–Kier alpha value is -1.61. The Kier molecular flexibility index (Phi) is 4.61. The lowest BCUT2D eigenvalue weighted by Gasteiger charge is -2.21. The number of aryl methyl sites for hydroxylation is 4. The van der Waals surface area contributed by atoms with Crippen LogP contribution in [-0.2, 0) is 7.05 Å².